The van der Waals surface area contributed by atoms with E-state index in [1.165, 1.54) is 94.4 Å². The second kappa shape index (κ2) is 13.5. The zero-order valence-corrected chi connectivity index (χ0v) is 29.9. The minimum atomic E-state index is 0.545. The maximum atomic E-state index is 4.06. The molecule has 0 spiro atoms. The number of benzene rings is 6. The van der Waals surface area contributed by atoms with E-state index in [1.807, 2.05) is 18.2 Å². The van der Waals surface area contributed by atoms with Crippen LogP contribution in [0.25, 0.3) is 54.6 Å². The Morgan fingerprint density at radius 1 is 0.686 bits per heavy atom. The molecule has 8 rings (SSSR count). The van der Waals surface area contributed by atoms with Gasteiger partial charge in [0, 0.05) is 0 Å². The molecule has 1 fully saturated rings. The molecule has 1 saturated carbocycles. The van der Waals surface area contributed by atoms with E-state index in [2.05, 4.69) is 167 Å². The van der Waals surface area contributed by atoms with Crippen molar-refractivity contribution in [2.75, 3.05) is 0 Å². The van der Waals surface area contributed by atoms with Crippen molar-refractivity contribution in [3.8, 4) is 22.3 Å². The van der Waals surface area contributed by atoms with Crippen LogP contribution in [0.4, 0.5) is 0 Å². The number of hydrogen-bond acceptors (Lipinski definition) is 0. The van der Waals surface area contributed by atoms with E-state index in [4.69, 9.17) is 0 Å². The van der Waals surface area contributed by atoms with E-state index in [0.717, 1.165) is 6.42 Å². The first-order valence-corrected chi connectivity index (χ1v) is 18.2. The zero-order valence-electron chi connectivity index (χ0n) is 29.9. The minimum Gasteiger partial charge on any atom is -0.0991 e. The van der Waals surface area contributed by atoms with E-state index in [0.29, 0.717) is 11.8 Å². The Morgan fingerprint density at radius 3 is 2.00 bits per heavy atom. The van der Waals surface area contributed by atoms with Crippen molar-refractivity contribution < 1.29 is 0 Å². The predicted molar refractivity (Wildman–Crippen MR) is 222 cm³/mol. The van der Waals surface area contributed by atoms with Crippen LogP contribution >= 0.6 is 0 Å². The summed E-state index contributed by atoms with van der Waals surface area (Å²) in [7, 11) is 0. The summed E-state index contributed by atoms with van der Waals surface area (Å²) in [6.45, 7) is 14.6. The molecule has 0 heterocycles. The molecule has 2 atom stereocenters. The molecular formula is C51H44. The summed E-state index contributed by atoms with van der Waals surface area (Å²) in [6, 6.07) is 40.5. The topological polar surface area (TPSA) is 0 Å². The van der Waals surface area contributed by atoms with Gasteiger partial charge in [-0.2, -0.15) is 0 Å². The van der Waals surface area contributed by atoms with Gasteiger partial charge in [0.25, 0.3) is 0 Å². The standard InChI is InChI=1S/C51H44/c1-6-8-18-40(33(3)4)42(15-7-2)45-28-26-39(48-32-50(45)48)31-49-43-19-11-13-21-46(43)51(47-22-14-12-20-44(47)49)41-27-25-37(29-34(41)5)38-24-23-35-16-9-10-17-36(35)30-38/h6-30,48,50H,1-2,31-32H2,3-5H3/b18-8-,42-15+. The monoisotopic (exact) mass is 656 g/mol. The van der Waals surface area contributed by atoms with Crippen LogP contribution in [0.5, 0.6) is 0 Å². The molecule has 0 N–H and O–H groups in total. The summed E-state index contributed by atoms with van der Waals surface area (Å²) in [5, 5.41) is 7.90. The normalized spacial score (nSPS) is 17.0. The van der Waals surface area contributed by atoms with Gasteiger partial charge in [-0.3, -0.25) is 0 Å². The molecule has 6 aromatic carbocycles. The van der Waals surface area contributed by atoms with E-state index in [1.54, 1.807) is 5.57 Å². The second-order valence-corrected chi connectivity index (χ2v) is 14.3. The van der Waals surface area contributed by atoms with E-state index in [-0.39, 0.29) is 0 Å². The maximum Gasteiger partial charge on any atom is -0.00239 e. The molecule has 2 aliphatic carbocycles. The number of aryl methyl sites for hydroxylation is 1. The van der Waals surface area contributed by atoms with Crippen LogP contribution in [0.15, 0.2) is 193 Å². The van der Waals surface area contributed by atoms with Gasteiger partial charge in [-0.25, -0.2) is 0 Å². The Hall–Kier alpha value is -5.72. The third-order valence-corrected chi connectivity index (χ3v) is 11.0. The summed E-state index contributed by atoms with van der Waals surface area (Å²) >= 11 is 0. The lowest BCUT2D eigenvalue weighted by Crippen LogP contribution is -2.06. The van der Waals surface area contributed by atoms with Crippen molar-refractivity contribution in [3.05, 3.63) is 204 Å². The first kappa shape index (κ1) is 32.5. The van der Waals surface area contributed by atoms with Crippen molar-refractivity contribution in [2.45, 2.75) is 33.6 Å². The highest BCUT2D eigenvalue weighted by molar-refractivity contribution is 6.15. The zero-order chi connectivity index (χ0) is 35.1. The van der Waals surface area contributed by atoms with Crippen molar-refractivity contribution in [1.29, 1.82) is 0 Å². The fraction of sp³-hybridized carbons (Fsp3) is 0.137. The number of hydrogen-bond donors (Lipinski definition) is 0. The lowest BCUT2D eigenvalue weighted by molar-refractivity contribution is 0.839. The number of fused-ring (bicyclic) bond motifs is 4. The Labute approximate surface area is 302 Å². The molecule has 0 aromatic heterocycles. The van der Waals surface area contributed by atoms with Gasteiger partial charge in [-0.05, 0) is 134 Å². The maximum absolute atomic E-state index is 4.06. The average molecular weight is 657 g/mol. The Balaban J connectivity index is 1.21. The van der Waals surface area contributed by atoms with Gasteiger partial charge in [0.1, 0.15) is 0 Å². The molecule has 0 radical (unpaired) electrons. The van der Waals surface area contributed by atoms with E-state index in [9.17, 15) is 0 Å². The fourth-order valence-electron chi connectivity index (χ4n) is 8.42. The summed E-state index contributed by atoms with van der Waals surface area (Å²) in [6.07, 6.45) is 17.2. The minimum absolute atomic E-state index is 0.545. The average Bonchev–Trinajstić information content (AvgIpc) is 3.96. The quantitative estimate of drug-likeness (QED) is 0.107. The highest BCUT2D eigenvalue weighted by Gasteiger charge is 2.45. The lowest BCUT2D eigenvalue weighted by Gasteiger charge is -2.22. The second-order valence-electron chi connectivity index (χ2n) is 14.3. The summed E-state index contributed by atoms with van der Waals surface area (Å²) in [4.78, 5) is 0. The predicted octanol–water partition coefficient (Wildman–Crippen LogP) is 14.0. The van der Waals surface area contributed by atoms with Gasteiger partial charge >= 0.3 is 0 Å². The highest BCUT2D eigenvalue weighted by atomic mass is 14.5. The Bertz CT molecular complexity index is 2480. The van der Waals surface area contributed by atoms with Gasteiger partial charge in [0.05, 0.1) is 0 Å². The van der Waals surface area contributed by atoms with Crippen LogP contribution in [0.1, 0.15) is 31.4 Å². The molecule has 0 heteroatoms. The van der Waals surface area contributed by atoms with E-state index >= 15 is 0 Å². The summed E-state index contributed by atoms with van der Waals surface area (Å²) in [5.74, 6) is 1.12. The number of allylic oxidation sites excluding steroid dienone is 12. The van der Waals surface area contributed by atoms with Crippen molar-refractivity contribution >= 4 is 32.3 Å². The van der Waals surface area contributed by atoms with Crippen molar-refractivity contribution in [2.24, 2.45) is 11.8 Å². The molecule has 248 valence electrons. The summed E-state index contributed by atoms with van der Waals surface area (Å²) < 4.78 is 0. The Kier molecular flexibility index (Phi) is 8.62. The largest absolute Gasteiger partial charge is 0.0991 e. The van der Waals surface area contributed by atoms with Crippen LogP contribution in [0.2, 0.25) is 0 Å². The number of rotatable bonds is 9. The molecule has 6 aromatic rings. The summed E-state index contributed by atoms with van der Waals surface area (Å²) in [5.41, 5.74) is 14.7. The molecule has 0 amide bonds. The molecule has 0 bridgehead atoms. The van der Waals surface area contributed by atoms with Crippen LogP contribution < -0.4 is 0 Å². The van der Waals surface area contributed by atoms with Gasteiger partial charge < -0.3 is 0 Å². The smallest absolute Gasteiger partial charge is 0.00239 e. The molecule has 0 nitrogen and oxygen atoms in total. The third-order valence-electron chi connectivity index (χ3n) is 11.0. The van der Waals surface area contributed by atoms with Crippen LogP contribution in [-0.4, -0.2) is 0 Å². The fourth-order valence-corrected chi connectivity index (χ4v) is 8.42. The molecular weight excluding hydrogens is 613 g/mol. The molecule has 0 aliphatic heterocycles. The van der Waals surface area contributed by atoms with Gasteiger partial charge in [0.15, 0.2) is 0 Å². The first-order valence-electron chi connectivity index (χ1n) is 18.2. The molecule has 2 aliphatic rings. The van der Waals surface area contributed by atoms with E-state index < -0.39 is 0 Å². The van der Waals surface area contributed by atoms with Gasteiger partial charge in [-0.1, -0.05) is 170 Å². The SMILES string of the molecule is C=C/C=C\C(=C(C)C)/C(=C\C=C)C1=CC=C(Cc2c3ccccc3c(-c3ccc(-c4ccc5ccccc5c4)cc3C)c3ccccc23)C2CC12. The molecule has 0 saturated heterocycles. The van der Waals surface area contributed by atoms with Crippen molar-refractivity contribution in [3.63, 3.8) is 0 Å². The lowest BCUT2D eigenvalue weighted by atomic mass is 9.82. The van der Waals surface area contributed by atoms with Gasteiger partial charge in [0.2, 0.25) is 0 Å². The van der Waals surface area contributed by atoms with Crippen LogP contribution in [0, 0.1) is 18.8 Å². The molecule has 2 unspecified atom stereocenters. The third kappa shape index (κ3) is 5.96. The van der Waals surface area contributed by atoms with Crippen molar-refractivity contribution in [1.82, 2.24) is 0 Å². The first-order chi connectivity index (χ1) is 25.0. The van der Waals surface area contributed by atoms with Crippen LogP contribution in [-0.2, 0) is 6.42 Å². The van der Waals surface area contributed by atoms with Crippen LogP contribution in [0.3, 0.4) is 0 Å². The van der Waals surface area contributed by atoms with Gasteiger partial charge in [-0.15, -0.1) is 0 Å². The molecule has 51 heavy (non-hydrogen) atoms. The highest BCUT2D eigenvalue weighted by Crippen LogP contribution is 2.55. The Morgan fingerprint density at radius 2 is 1.33 bits per heavy atom.